The number of aryl methyl sites for hydroxylation is 2. The van der Waals surface area contributed by atoms with E-state index in [1.165, 1.54) is 16.9 Å². The smallest absolute Gasteiger partial charge is 0.173 e. The lowest BCUT2D eigenvalue weighted by atomic mass is 10.1. The van der Waals surface area contributed by atoms with Crippen molar-refractivity contribution in [1.29, 1.82) is 0 Å². The standard InChI is InChI=1S/C16H20N2OS/c1-12-5-8-15(20-12)19-11-9-14-7-6-13-4-3-10-18(2)16(13)17-14/h5-8H,3-4,9-11H2,1-2H3. The average Bonchev–Trinajstić information content (AvgIpc) is 2.85. The number of hydrogen-bond donors (Lipinski definition) is 0. The van der Waals surface area contributed by atoms with Crippen LogP contribution in [0.25, 0.3) is 0 Å². The molecule has 2 aromatic heterocycles. The number of rotatable bonds is 4. The quantitative estimate of drug-likeness (QED) is 0.861. The molecule has 0 amide bonds. The monoisotopic (exact) mass is 288 g/mol. The van der Waals surface area contributed by atoms with E-state index in [1.807, 2.05) is 6.07 Å². The molecule has 3 nitrogen and oxygen atoms in total. The van der Waals surface area contributed by atoms with E-state index >= 15 is 0 Å². The summed E-state index contributed by atoms with van der Waals surface area (Å²) >= 11 is 1.70. The van der Waals surface area contributed by atoms with Gasteiger partial charge in [0, 0.05) is 30.6 Å². The molecule has 0 aliphatic carbocycles. The molecule has 2 aromatic rings. The molecule has 0 fully saturated rings. The Hall–Kier alpha value is -1.55. The SMILES string of the molecule is Cc1ccc(OCCc2ccc3c(n2)N(C)CCC3)s1. The van der Waals surface area contributed by atoms with Gasteiger partial charge in [-0.15, -0.1) is 11.3 Å². The van der Waals surface area contributed by atoms with Crippen LogP contribution in [0.3, 0.4) is 0 Å². The zero-order valence-corrected chi connectivity index (χ0v) is 12.9. The number of nitrogens with zero attached hydrogens (tertiary/aromatic N) is 2. The van der Waals surface area contributed by atoms with Crippen molar-refractivity contribution >= 4 is 17.2 Å². The maximum absolute atomic E-state index is 5.77. The average molecular weight is 288 g/mol. The van der Waals surface area contributed by atoms with Crippen molar-refractivity contribution in [2.24, 2.45) is 0 Å². The van der Waals surface area contributed by atoms with Crippen LogP contribution in [0.15, 0.2) is 24.3 Å². The Balaban J connectivity index is 1.62. The van der Waals surface area contributed by atoms with Crippen LogP contribution < -0.4 is 9.64 Å². The van der Waals surface area contributed by atoms with Gasteiger partial charge in [0.2, 0.25) is 0 Å². The highest BCUT2D eigenvalue weighted by Crippen LogP contribution is 2.25. The topological polar surface area (TPSA) is 25.4 Å². The molecular formula is C16H20N2OS. The van der Waals surface area contributed by atoms with Crippen molar-refractivity contribution < 1.29 is 4.74 Å². The van der Waals surface area contributed by atoms with Crippen LogP contribution in [-0.2, 0) is 12.8 Å². The first-order valence-electron chi connectivity index (χ1n) is 7.11. The van der Waals surface area contributed by atoms with Gasteiger partial charge in [0.25, 0.3) is 0 Å². The Labute approximate surface area is 124 Å². The number of thiophene rings is 1. The minimum absolute atomic E-state index is 0.690. The molecule has 0 bridgehead atoms. The van der Waals surface area contributed by atoms with Crippen LogP contribution in [0.5, 0.6) is 5.06 Å². The van der Waals surface area contributed by atoms with Gasteiger partial charge in [-0.2, -0.15) is 0 Å². The maximum atomic E-state index is 5.77. The van der Waals surface area contributed by atoms with E-state index in [0.29, 0.717) is 6.61 Å². The summed E-state index contributed by atoms with van der Waals surface area (Å²) in [5.41, 5.74) is 2.49. The highest BCUT2D eigenvalue weighted by Gasteiger charge is 2.15. The molecule has 0 radical (unpaired) electrons. The summed E-state index contributed by atoms with van der Waals surface area (Å²) in [5, 5.41) is 0.998. The van der Waals surface area contributed by atoms with Crippen LogP contribution in [-0.4, -0.2) is 25.2 Å². The van der Waals surface area contributed by atoms with Crippen LogP contribution in [0.1, 0.15) is 22.6 Å². The molecular weight excluding hydrogens is 268 g/mol. The largest absolute Gasteiger partial charge is 0.484 e. The third-order valence-corrected chi connectivity index (χ3v) is 4.55. The Kier molecular flexibility index (Phi) is 3.92. The fourth-order valence-corrected chi connectivity index (χ4v) is 3.27. The van der Waals surface area contributed by atoms with Gasteiger partial charge in [0.05, 0.1) is 6.61 Å². The van der Waals surface area contributed by atoms with Gasteiger partial charge in [-0.3, -0.25) is 0 Å². The first-order chi connectivity index (χ1) is 9.72. The van der Waals surface area contributed by atoms with Crippen molar-refractivity contribution in [3.63, 3.8) is 0 Å². The fraction of sp³-hybridized carbons (Fsp3) is 0.438. The Morgan fingerprint density at radius 1 is 1.30 bits per heavy atom. The van der Waals surface area contributed by atoms with Gasteiger partial charge >= 0.3 is 0 Å². The molecule has 0 spiro atoms. The van der Waals surface area contributed by atoms with Gasteiger partial charge in [-0.05, 0) is 43.5 Å². The molecule has 0 N–H and O–H groups in total. The van der Waals surface area contributed by atoms with Crippen molar-refractivity contribution in [1.82, 2.24) is 4.98 Å². The predicted molar refractivity (Wildman–Crippen MR) is 84.1 cm³/mol. The van der Waals surface area contributed by atoms with Gasteiger partial charge in [-0.25, -0.2) is 4.98 Å². The number of anilines is 1. The van der Waals surface area contributed by atoms with E-state index in [1.54, 1.807) is 11.3 Å². The summed E-state index contributed by atoms with van der Waals surface area (Å²) in [6.07, 6.45) is 3.24. The van der Waals surface area contributed by atoms with Crippen molar-refractivity contribution in [2.75, 3.05) is 25.1 Å². The van der Waals surface area contributed by atoms with Gasteiger partial charge < -0.3 is 9.64 Å². The molecule has 0 saturated carbocycles. The van der Waals surface area contributed by atoms with Crippen molar-refractivity contribution in [3.05, 3.63) is 40.4 Å². The highest BCUT2D eigenvalue weighted by molar-refractivity contribution is 7.13. The molecule has 0 atom stereocenters. The zero-order chi connectivity index (χ0) is 13.9. The molecule has 0 saturated heterocycles. The summed E-state index contributed by atoms with van der Waals surface area (Å²) in [6.45, 7) is 3.89. The lowest BCUT2D eigenvalue weighted by molar-refractivity contribution is 0.330. The van der Waals surface area contributed by atoms with Crippen LogP contribution in [0.2, 0.25) is 0 Å². The van der Waals surface area contributed by atoms with Crippen LogP contribution >= 0.6 is 11.3 Å². The van der Waals surface area contributed by atoms with Crippen molar-refractivity contribution in [2.45, 2.75) is 26.2 Å². The summed E-state index contributed by atoms with van der Waals surface area (Å²) < 4.78 is 5.77. The molecule has 20 heavy (non-hydrogen) atoms. The van der Waals surface area contributed by atoms with Crippen LogP contribution in [0.4, 0.5) is 5.82 Å². The maximum Gasteiger partial charge on any atom is 0.173 e. The lowest BCUT2D eigenvalue weighted by Gasteiger charge is -2.26. The van der Waals surface area contributed by atoms with E-state index in [0.717, 1.165) is 36.0 Å². The Bertz CT molecular complexity index is 594. The minimum atomic E-state index is 0.690. The molecule has 0 unspecified atom stereocenters. The summed E-state index contributed by atoms with van der Waals surface area (Å²) in [6, 6.07) is 8.49. The lowest BCUT2D eigenvalue weighted by Crippen LogP contribution is -2.26. The molecule has 106 valence electrons. The number of fused-ring (bicyclic) bond motifs is 1. The van der Waals surface area contributed by atoms with E-state index in [9.17, 15) is 0 Å². The van der Waals surface area contributed by atoms with Crippen LogP contribution in [0, 0.1) is 6.92 Å². The summed E-state index contributed by atoms with van der Waals surface area (Å²) in [5.74, 6) is 1.15. The second kappa shape index (κ2) is 5.83. The Morgan fingerprint density at radius 3 is 3.00 bits per heavy atom. The molecule has 3 rings (SSSR count). The van der Waals surface area contributed by atoms with E-state index in [-0.39, 0.29) is 0 Å². The number of aromatic nitrogens is 1. The zero-order valence-electron chi connectivity index (χ0n) is 12.1. The molecule has 1 aliphatic heterocycles. The van der Waals surface area contributed by atoms with E-state index in [2.05, 4.69) is 37.1 Å². The number of ether oxygens (including phenoxy) is 1. The van der Waals surface area contributed by atoms with Gasteiger partial charge in [-0.1, -0.05) is 6.07 Å². The second-order valence-corrected chi connectivity index (χ2v) is 6.52. The fourth-order valence-electron chi connectivity index (χ4n) is 2.54. The molecule has 1 aliphatic rings. The second-order valence-electron chi connectivity index (χ2n) is 5.27. The Morgan fingerprint density at radius 2 is 2.20 bits per heavy atom. The van der Waals surface area contributed by atoms with Gasteiger partial charge in [0.1, 0.15) is 5.82 Å². The highest BCUT2D eigenvalue weighted by atomic mass is 32.1. The molecule has 0 aromatic carbocycles. The third-order valence-electron chi connectivity index (χ3n) is 3.63. The first kappa shape index (κ1) is 13.4. The van der Waals surface area contributed by atoms with E-state index < -0.39 is 0 Å². The number of pyridine rings is 1. The van der Waals surface area contributed by atoms with Gasteiger partial charge in [0.15, 0.2) is 5.06 Å². The minimum Gasteiger partial charge on any atom is -0.484 e. The summed E-state index contributed by atoms with van der Waals surface area (Å²) in [7, 11) is 2.12. The number of hydrogen-bond acceptors (Lipinski definition) is 4. The third kappa shape index (κ3) is 2.96. The van der Waals surface area contributed by atoms with E-state index in [4.69, 9.17) is 9.72 Å². The summed E-state index contributed by atoms with van der Waals surface area (Å²) in [4.78, 5) is 8.32. The normalized spacial score (nSPS) is 14.2. The first-order valence-corrected chi connectivity index (χ1v) is 7.93. The van der Waals surface area contributed by atoms with Crippen molar-refractivity contribution in [3.8, 4) is 5.06 Å². The molecule has 3 heterocycles. The molecule has 4 heteroatoms. The predicted octanol–water partition coefficient (Wildman–Crippen LogP) is 3.46.